The SMILES string of the molecule is C=C[C@@H]1OCC[C@H]1CNC1=NCC(C)N1.I. The van der Waals surface area contributed by atoms with Crippen LogP contribution in [0.1, 0.15) is 13.3 Å². The van der Waals surface area contributed by atoms with E-state index in [0.29, 0.717) is 12.0 Å². The highest BCUT2D eigenvalue weighted by Gasteiger charge is 2.26. The average Bonchev–Trinajstić information content (AvgIpc) is 2.83. The molecular formula is C11H20IN3O. The maximum absolute atomic E-state index is 5.53. The van der Waals surface area contributed by atoms with Gasteiger partial charge in [-0.25, -0.2) is 0 Å². The fraction of sp³-hybridized carbons (Fsp3) is 0.727. The number of aliphatic imine (C=N–C) groups is 1. The molecule has 2 heterocycles. The van der Waals surface area contributed by atoms with Crippen LogP contribution < -0.4 is 10.6 Å². The van der Waals surface area contributed by atoms with Crippen LogP contribution in [0.15, 0.2) is 17.6 Å². The van der Waals surface area contributed by atoms with Crippen molar-refractivity contribution in [2.45, 2.75) is 25.5 Å². The predicted octanol–water partition coefficient (Wildman–Crippen LogP) is 1.13. The Bertz CT molecular complexity index is 270. The lowest BCUT2D eigenvalue weighted by Gasteiger charge is -2.16. The third-order valence-corrected chi connectivity index (χ3v) is 2.93. The van der Waals surface area contributed by atoms with Gasteiger partial charge in [0.05, 0.1) is 12.6 Å². The fourth-order valence-corrected chi connectivity index (χ4v) is 2.02. The molecule has 0 aliphatic carbocycles. The molecular weight excluding hydrogens is 317 g/mol. The van der Waals surface area contributed by atoms with E-state index in [2.05, 4.69) is 29.1 Å². The Morgan fingerprint density at radius 1 is 1.69 bits per heavy atom. The van der Waals surface area contributed by atoms with Gasteiger partial charge in [0.2, 0.25) is 0 Å². The summed E-state index contributed by atoms with van der Waals surface area (Å²) in [6, 6.07) is 0.461. The number of hydrogen-bond acceptors (Lipinski definition) is 4. The van der Waals surface area contributed by atoms with Gasteiger partial charge in [0.1, 0.15) is 0 Å². The van der Waals surface area contributed by atoms with Crippen LogP contribution >= 0.6 is 24.0 Å². The molecule has 0 saturated carbocycles. The number of ether oxygens (including phenoxy) is 1. The summed E-state index contributed by atoms with van der Waals surface area (Å²) in [5, 5.41) is 6.61. The summed E-state index contributed by atoms with van der Waals surface area (Å²) in [6.45, 7) is 8.54. The molecule has 2 N–H and O–H groups in total. The lowest BCUT2D eigenvalue weighted by Crippen LogP contribution is -2.40. The van der Waals surface area contributed by atoms with E-state index in [-0.39, 0.29) is 30.1 Å². The molecule has 3 atom stereocenters. The van der Waals surface area contributed by atoms with Gasteiger partial charge in [0, 0.05) is 25.1 Å². The normalized spacial score (nSPS) is 32.6. The highest BCUT2D eigenvalue weighted by Crippen LogP contribution is 2.20. The topological polar surface area (TPSA) is 45.6 Å². The van der Waals surface area contributed by atoms with Gasteiger partial charge in [-0.15, -0.1) is 30.6 Å². The molecule has 2 rings (SSSR count). The highest BCUT2D eigenvalue weighted by molar-refractivity contribution is 14.0. The maximum atomic E-state index is 5.53. The number of guanidine groups is 1. The van der Waals surface area contributed by atoms with Crippen LogP contribution in [-0.4, -0.2) is 37.8 Å². The van der Waals surface area contributed by atoms with Gasteiger partial charge in [0.15, 0.2) is 5.96 Å². The second kappa shape index (κ2) is 6.44. The van der Waals surface area contributed by atoms with E-state index >= 15 is 0 Å². The van der Waals surface area contributed by atoms with Crippen molar-refractivity contribution in [2.75, 3.05) is 19.7 Å². The molecule has 5 heteroatoms. The number of nitrogens with one attached hydrogen (secondary N) is 2. The van der Waals surface area contributed by atoms with Crippen molar-refractivity contribution in [1.29, 1.82) is 0 Å². The first-order chi connectivity index (χ1) is 7.29. The van der Waals surface area contributed by atoms with Gasteiger partial charge in [-0.2, -0.15) is 0 Å². The summed E-state index contributed by atoms with van der Waals surface area (Å²) in [6.07, 6.45) is 3.20. The minimum Gasteiger partial charge on any atom is -0.374 e. The van der Waals surface area contributed by atoms with Crippen LogP contribution in [0.2, 0.25) is 0 Å². The zero-order valence-electron chi connectivity index (χ0n) is 9.61. The van der Waals surface area contributed by atoms with Crippen molar-refractivity contribution in [1.82, 2.24) is 10.6 Å². The molecule has 1 fully saturated rings. The van der Waals surface area contributed by atoms with Crippen molar-refractivity contribution in [3.63, 3.8) is 0 Å². The van der Waals surface area contributed by atoms with Crippen molar-refractivity contribution in [3.05, 3.63) is 12.7 Å². The maximum Gasteiger partial charge on any atom is 0.191 e. The smallest absolute Gasteiger partial charge is 0.191 e. The van der Waals surface area contributed by atoms with Gasteiger partial charge < -0.3 is 15.4 Å². The molecule has 0 radical (unpaired) electrons. The highest BCUT2D eigenvalue weighted by atomic mass is 127. The van der Waals surface area contributed by atoms with Crippen LogP contribution in [0.5, 0.6) is 0 Å². The molecule has 2 aliphatic heterocycles. The molecule has 0 amide bonds. The molecule has 0 aromatic carbocycles. The van der Waals surface area contributed by atoms with Gasteiger partial charge in [0.25, 0.3) is 0 Å². The molecule has 4 nitrogen and oxygen atoms in total. The van der Waals surface area contributed by atoms with Gasteiger partial charge in [-0.05, 0) is 13.3 Å². The molecule has 0 aromatic rings. The second-order valence-electron chi connectivity index (χ2n) is 4.24. The van der Waals surface area contributed by atoms with Crippen molar-refractivity contribution in [3.8, 4) is 0 Å². The summed E-state index contributed by atoms with van der Waals surface area (Å²) in [5.74, 6) is 1.46. The summed E-state index contributed by atoms with van der Waals surface area (Å²) in [5.41, 5.74) is 0. The summed E-state index contributed by atoms with van der Waals surface area (Å²) in [4.78, 5) is 4.36. The Morgan fingerprint density at radius 3 is 3.12 bits per heavy atom. The monoisotopic (exact) mass is 337 g/mol. The molecule has 16 heavy (non-hydrogen) atoms. The first-order valence-electron chi connectivity index (χ1n) is 5.58. The van der Waals surface area contributed by atoms with E-state index in [4.69, 9.17) is 4.74 Å². The van der Waals surface area contributed by atoms with Gasteiger partial charge in [-0.1, -0.05) is 6.08 Å². The molecule has 0 spiro atoms. The molecule has 0 bridgehead atoms. The number of nitrogens with zero attached hydrogens (tertiary/aromatic N) is 1. The van der Waals surface area contributed by atoms with Crippen molar-refractivity contribution < 1.29 is 4.74 Å². The van der Waals surface area contributed by atoms with E-state index in [9.17, 15) is 0 Å². The number of halogens is 1. The summed E-state index contributed by atoms with van der Waals surface area (Å²) in [7, 11) is 0. The molecule has 2 aliphatic rings. The Kier molecular flexibility index (Phi) is 5.54. The minimum atomic E-state index is 0. The first-order valence-corrected chi connectivity index (χ1v) is 5.58. The fourth-order valence-electron chi connectivity index (χ4n) is 2.02. The van der Waals surface area contributed by atoms with E-state index in [1.54, 1.807) is 0 Å². The van der Waals surface area contributed by atoms with Crippen molar-refractivity contribution >= 4 is 29.9 Å². The third-order valence-electron chi connectivity index (χ3n) is 2.93. The van der Waals surface area contributed by atoms with E-state index in [1.165, 1.54) is 0 Å². The molecule has 92 valence electrons. The minimum absolute atomic E-state index is 0. The van der Waals surface area contributed by atoms with E-state index in [1.807, 2.05) is 6.08 Å². The van der Waals surface area contributed by atoms with Crippen LogP contribution in [0.25, 0.3) is 0 Å². The van der Waals surface area contributed by atoms with Gasteiger partial charge >= 0.3 is 0 Å². The number of rotatable bonds is 3. The zero-order chi connectivity index (χ0) is 10.7. The second-order valence-corrected chi connectivity index (χ2v) is 4.24. The summed E-state index contributed by atoms with van der Waals surface area (Å²) >= 11 is 0. The summed E-state index contributed by atoms with van der Waals surface area (Å²) < 4.78 is 5.53. The molecule has 1 saturated heterocycles. The van der Waals surface area contributed by atoms with Gasteiger partial charge in [-0.3, -0.25) is 4.99 Å². The Balaban J connectivity index is 0.00000128. The predicted molar refractivity (Wildman–Crippen MR) is 76.4 cm³/mol. The van der Waals surface area contributed by atoms with Crippen LogP contribution in [0, 0.1) is 5.92 Å². The standard InChI is InChI=1S/C11H19N3O.HI/c1-3-10-9(4-5-15-10)7-13-11-12-6-8(2)14-11;/h3,8-10H,1,4-7H2,2H3,(H2,12,13,14);1H/t8?,9-,10-;/m0./s1. The Labute approximate surface area is 114 Å². The molecule has 1 unspecified atom stereocenters. The number of hydrogen-bond donors (Lipinski definition) is 2. The van der Waals surface area contributed by atoms with E-state index in [0.717, 1.165) is 32.1 Å². The van der Waals surface area contributed by atoms with Crippen molar-refractivity contribution in [2.24, 2.45) is 10.9 Å². The lowest BCUT2D eigenvalue weighted by atomic mass is 10.0. The quantitative estimate of drug-likeness (QED) is 0.600. The lowest BCUT2D eigenvalue weighted by molar-refractivity contribution is 0.128. The van der Waals surface area contributed by atoms with E-state index < -0.39 is 0 Å². The van der Waals surface area contributed by atoms with Crippen LogP contribution in [0.4, 0.5) is 0 Å². The average molecular weight is 337 g/mol. The Morgan fingerprint density at radius 2 is 2.50 bits per heavy atom. The van der Waals surface area contributed by atoms with Crippen LogP contribution in [0.3, 0.4) is 0 Å². The first kappa shape index (κ1) is 13.8. The molecule has 0 aromatic heterocycles. The third kappa shape index (κ3) is 3.35. The largest absolute Gasteiger partial charge is 0.374 e. The zero-order valence-corrected chi connectivity index (χ0v) is 11.9. The van der Waals surface area contributed by atoms with Crippen LogP contribution in [-0.2, 0) is 4.74 Å². The Hall–Kier alpha value is -0.300.